The van der Waals surface area contributed by atoms with Crippen molar-refractivity contribution in [1.82, 2.24) is 4.90 Å². The third-order valence-corrected chi connectivity index (χ3v) is 3.23. The Balaban J connectivity index is 2.64. The maximum atomic E-state index is 12.2. The molecule has 0 spiro atoms. The van der Waals surface area contributed by atoms with Gasteiger partial charge < -0.3 is 14.4 Å². The van der Waals surface area contributed by atoms with E-state index in [9.17, 15) is 9.59 Å². The first kappa shape index (κ1) is 18.2. The number of methoxy groups -OCH3 is 2. The topological polar surface area (TPSA) is 55.8 Å². The van der Waals surface area contributed by atoms with Gasteiger partial charge in [0.1, 0.15) is 0 Å². The zero-order chi connectivity index (χ0) is 16.4. The summed E-state index contributed by atoms with van der Waals surface area (Å²) in [6.07, 6.45) is 3.33. The van der Waals surface area contributed by atoms with Crippen LogP contribution in [0.2, 0.25) is 5.02 Å². The molecule has 0 bridgehead atoms. The molecule has 0 heterocycles. The molecule has 0 aliphatic carbocycles. The van der Waals surface area contributed by atoms with Crippen molar-refractivity contribution in [3.05, 3.63) is 40.9 Å². The van der Waals surface area contributed by atoms with Gasteiger partial charge in [-0.1, -0.05) is 23.7 Å². The van der Waals surface area contributed by atoms with E-state index in [2.05, 4.69) is 4.74 Å². The van der Waals surface area contributed by atoms with Gasteiger partial charge in [-0.3, -0.25) is 9.59 Å². The summed E-state index contributed by atoms with van der Waals surface area (Å²) in [7, 11) is 2.89. The number of carbonyl (C=O) groups is 2. The number of halogens is 1. The standard InChI is InChI=1S/C16H20ClNO4/c1-21-12-11-18(10-9-16(20)22-2)15(19)8-5-13-3-6-14(17)7-4-13/h3-8H,9-12H2,1-2H3/b8-5+. The first-order chi connectivity index (χ1) is 10.6. The monoisotopic (exact) mass is 325 g/mol. The lowest BCUT2D eigenvalue weighted by Gasteiger charge is -2.20. The van der Waals surface area contributed by atoms with Gasteiger partial charge in [0.15, 0.2) is 0 Å². The van der Waals surface area contributed by atoms with Crippen LogP contribution in [0.1, 0.15) is 12.0 Å². The lowest BCUT2D eigenvalue weighted by Crippen LogP contribution is -2.34. The number of ether oxygens (including phenoxy) is 2. The molecule has 0 aliphatic heterocycles. The van der Waals surface area contributed by atoms with Gasteiger partial charge in [-0.25, -0.2) is 0 Å². The fourth-order valence-corrected chi connectivity index (χ4v) is 1.83. The molecule has 1 aromatic rings. The number of hydrogen-bond acceptors (Lipinski definition) is 4. The maximum Gasteiger partial charge on any atom is 0.307 e. The summed E-state index contributed by atoms with van der Waals surface area (Å²) in [6, 6.07) is 7.15. The van der Waals surface area contributed by atoms with Crippen LogP contribution in [0, 0.1) is 0 Å². The highest BCUT2D eigenvalue weighted by molar-refractivity contribution is 6.30. The third kappa shape index (κ3) is 6.74. The van der Waals surface area contributed by atoms with Crippen LogP contribution in [0.3, 0.4) is 0 Å². The number of esters is 1. The number of nitrogens with zero attached hydrogens (tertiary/aromatic N) is 1. The van der Waals surface area contributed by atoms with Crippen molar-refractivity contribution in [2.45, 2.75) is 6.42 Å². The molecular formula is C16H20ClNO4. The Morgan fingerprint density at radius 2 is 1.86 bits per heavy atom. The SMILES string of the molecule is COCCN(CCC(=O)OC)C(=O)/C=C/c1ccc(Cl)cc1. The second-order valence-corrected chi connectivity index (χ2v) is 4.97. The van der Waals surface area contributed by atoms with Crippen LogP contribution in [-0.2, 0) is 19.1 Å². The van der Waals surface area contributed by atoms with Crippen LogP contribution in [0.15, 0.2) is 30.3 Å². The molecule has 0 radical (unpaired) electrons. The summed E-state index contributed by atoms with van der Waals surface area (Å²) in [5, 5.41) is 0.642. The molecule has 0 fully saturated rings. The van der Waals surface area contributed by atoms with E-state index in [-0.39, 0.29) is 18.3 Å². The Bertz CT molecular complexity index is 513. The highest BCUT2D eigenvalue weighted by atomic mass is 35.5. The second-order valence-electron chi connectivity index (χ2n) is 4.53. The minimum absolute atomic E-state index is 0.154. The Kier molecular flexibility index (Phi) is 8.25. The summed E-state index contributed by atoms with van der Waals surface area (Å²) < 4.78 is 9.57. The van der Waals surface area contributed by atoms with Crippen LogP contribution < -0.4 is 0 Å². The zero-order valence-electron chi connectivity index (χ0n) is 12.8. The molecular weight excluding hydrogens is 306 g/mol. The smallest absolute Gasteiger partial charge is 0.307 e. The van der Waals surface area contributed by atoms with Gasteiger partial charge in [0.2, 0.25) is 5.91 Å². The van der Waals surface area contributed by atoms with Crippen LogP contribution in [0.4, 0.5) is 0 Å². The Morgan fingerprint density at radius 3 is 2.45 bits per heavy atom. The van der Waals surface area contributed by atoms with Gasteiger partial charge in [0.05, 0.1) is 20.1 Å². The average molecular weight is 326 g/mol. The van der Waals surface area contributed by atoms with E-state index >= 15 is 0 Å². The highest BCUT2D eigenvalue weighted by Crippen LogP contribution is 2.10. The minimum atomic E-state index is -0.350. The lowest BCUT2D eigenvalue weighted by molar-refractivity contribution is -0.141. The van der Waals surface area contributed by atoms with Gasteiger partial charge in [0, 0.05) is 31.3 Å². The van der Waals surface area contributed by atoms with Crippen molar-refractivity contribution in [1.29, 1.82) is 0 Å². The predicted octanol–water partition coefficient (Wildman–Crippen LogP) is 2.39. The number of rotatable bonds is 8. The number of amides is 1. The lowest BCUT2D eigenvalue weighted by atomic mass is 10.2. The van der Waals surface area contributed by atoms with E-state index in [0.29, 0.717) is 24.7 Å². The normalized spacial score (nSPS) is 10.7. The molecule has 1 aromatic carbocycles. The van der Waals surface area contributed by atoms with Gasteiger partial charge in [-0.15, -0.1) is 0 Å². The first-order valence-electron chi connectivity index (χ1n) is 6.85. The molecule has 0 saturated carbocycles. The molecule has 0 saturated heterocycles. The number of hydrogen-bond donors (Lipinski definition) is 0. The minimum Gasteiger partial charge on any atom is -0.469 e. The van der Waals surface area contributed by atoms with E-state index < -0.39 is 0 Å². The summed E-state index contributed by atoms with van der Waals surface area (Å²) in [4.78, 5) is 24.9. The Labute approximate surface area is 135 Å². The van der Waals surface area contributed by atoms with Gasteiger partial charge in [0.25, 0.3) is 0 Å². The first-order valence-corrected chi connectivity index (χ1v) is 7.23. The van der Waals surface area contributed by atoms with Crippen molar-refractivity contribution in [3.63, 3.8) is 0 Å². The van der Waals surface area contributed by atoms with E-state index in [1.54, 1.807) is 30.2 Å². The average Bonchev–Trinajstić information content (AvgIpc) is 2.53. The van der Waals surface area contributed by atoms with Crippen molar-refractivity contribution < 1.29 is 19.1 Å². The largest absolute Gasteiger partial charge is 0.469 e. The van der Waals surface area contributed by atoms with E-state index in [1.165, 1.54) is 13.2 Å². The summed E-state index contributed by atoms with van der Waals surface area (Å²) >= 11 is 5.81. The van der Waals surface area contributed by atoms with Gasteiger partial charge in [-0.05, 0) is 23.8 Å². The predicted molar refractivity (Wildman–Crippen MR) is 85.6 cm³/mol. The number of benzene rings is 1. The summed E-state index contributed by atoms with van der Waals surface area (Å²) in [5.74, 6) is -0.534. The fraction of sp³-hybridized carbons (Fsp3) is 0.375. The van der Waals surface area contributed by atoms with E-state index in [1.807, 2.05) is 12.1 Å². The van der Waals surface area contributed by atoms with Crippen LogP contribution in [-0.4, -0.2) is 50.7 Å². The Morgan fingerprint density at radius 1 is 1.18 bits per heavy atom. The molecule has 0 aliphatic rings. The molecule has 1 rings (SSSR count). The maximum absolute atomic E-state index is 12.2. The molecule has 22 heavy (non-hydrogen) atoms. The molecule has 0 atom stereocenters. The third-order valence-electron chi connectivity index (χ3n) is 2.98. The van der Waals surface area contributed by atoms with Gasteiger partial charge >= 0.3 is 5.97 Å². The zero-order valence-corrected chi connectivity index (χ0v) is 13.5. The molecule has 1 amide bonds. The van der Waals surface area contributed by atoms with E-state index in [0.717, 1.165) is 5.56 Å². The summed E-state index contributed by atoms with van der Waals surface area (Å²) in [6.45, 7) is 1.11. The van der Waals surface area contributed by atoms with Crippen LogP contribution in [0.5, 0.6) is 0 Å². The Hall–Kier alpha value is -1.85. The van der Waals surface area contributed by atoms with Gasteiger partial charge in [-0.2, -0.15) is 0 Å². The molecule has 0 unspecified atom stereocenters. The summed E-state index contributed by atoms with van der Waals surface area (Å²) in [5.41, 5.74) is 0.873. The second kappa shape index (κ2) is 9.97. The molecule has 120 valence electrons. The molecule has 6 heteroatoms. The molecule has 0 aromatic heterocycles. The highest BCUT2D eigenvalue weighted by Gasteiger charge is 2.12. The van der Waals surface area contributed by atoms with Crippen molar-refractivity contribution >= 4 is 29.6 Å². The van der Waals surface area contributed by atoms with Crippen molar-refractivity contribution in [3.8, 4) is 0 Å². The molecule has 5 nitrogen and oxygen atoms in total. The van der Waals surface area contributed by atoms with Crippen molar-refractivity contribution in [2.75, 3.05) is 33.9 Å². The van der Waals surface area contributed by atoms with Crippen LogP contribution >= 0.6 is 11.6 Å². The fourth-order valence-electron chi connectivity index (χ4n) is 1.71. The van der Waals surface area contributed by atoms with E-state index in [4.69, 9.17) is 16.3 Å². The number of carbonyl (C=O) groups excluding carboxylic acids is 2. The van der Waals surface area contributed by atoms with Crippen LogP contribution in [0.25, 0.3) is 6.08 Å². The quantitative estimate of drug-likeness (QED) is 0.544. The molecule has 0 N–H and O–H groups in total. The van der Waals surface area contributed by atoms with Crippen molar-refractivity contribution in [2.24, 2.45) is 0 Å².